The first-order valence-corrected chi connectivity index (χ1v) is 6.25. The fourth-order valence-corrected chi connectivity index (χ4v) is 2.12. The van der Waals surface area contributed by atoms with E-state index in [2.05, 4.69) is 37.4 Å². The largest absolute Gasteiger partial charge is 0.394 e. The molecular weight excluding hydrogens is 214 g/mol. The highest BCUT2D eigenvalue weighted by Gasteiger charge is 2.41. The van der Waals surface area contributed by atoms with E-state index < -0.39 is 0 Å². The lowest BCUT2D eigenvalue weighted by molar-refractivity contribution is 0.229. The third kappa shape index (κ3) is 2.69. The molecule has 2 rings (SSSR count). The Hall–Kier alpha value is -0.870. The maximum atomic E-state index is 9.29. The number of rotatable bonds is 4. The van der Waals surface area contributed by atoms with Gasteiger partial charge in [-0.2, -0.15) is 5.10 Å². The number of hydrogen-bond donors (Lipinski definition) is 2. The van der Waals surface area contributed by atoms with Crippen molar-refractivity contribution in [3.8, 4) is 0 Å². The topological polar surface area (TPSA) is 50.1 Å². The third-order valence-corrected chi connectivity index (χ3v) is 3.43. The third-order valence-electron chi connectivity index (χ3n) is 3.43. The van der Waals surface area contributed by atoms with Crippen molar-refractivity contribution in [3.63, 3.8) is 0 Å². The van der Waals surface area contributed by atoms with Crippen LogP contribution in [0.15, 0.2) is 6.20 Å². The molecule has 0 bridgehead atoms. The number of aryl methyl sites for hydroxylation is 1. The second-order valence-electron chi connectivity index (χ2n) is 6.22. The van der Waals surface area contributed by atoms with Gasteiger partial charge in [0.25, 0.3) is 0 Å². The molecule has 1 heterocycles. The highest BCUT2D eigenvalue weighted by atomic mass is 16.3. The molecule has 0 aliphatic heterocycles. The summed E-state index contributed by atoms with van der Waals surface area (Å²) in [6.07, 6.45) is 4.23. The minimum atomic E-state index is -0.00893. The predicted octanol–water partition coefficient (Wildman–Crippen LogP) is 1.33. The Bertz CT molecular complexity index is 399. The SMILES string of the molecule is Cn1cc(CNC2(CO)CC2)c(C(C)(C)C)n1. The number of aliphatic hydroxyl groups is 1. The molecule has 0 saturated heterocycles. The Balaban J connectivity index is 2.10. The summed E-state index contributed by atoms with van der Waals surface area (Å²) in [6.45, 7) is 7.56. The molecule has 1 saturated carbocycles. The molecule has 17 heavy (non-hydrogen) atoms. The number of hydrogen-bond acceptors (Lipinski definition) is 3. The lowest BCUT2D eigenvalue weighted by Crippen LogP contribution is -2.34. The fraction of sp³-hybridized carbons (Fsp3) is 0.769. The van der Waals surface area contributed by atoms with Gasteiger partial charge in [0, 0.05) is 36.3 Å². The summed E-state index contributed by atoms with van der Waals surface area (Å²) in [4.78, 5) is 0. The van der Waals surface area contributed by atoms with Crippen LogP contribution >= 0.6 is 0 Å². The van der Waals surface area contributed by atoms with Crippen molar-refractivity contribution in [3.05, 3.63) is 17.5 Å². The molecule has 96 valence electrons. The van der Waals surface area contributed by atoms with E-state index in [0.29, 0.717) is 0 Å². The maximum Gasteiger partial charge on any atom is 0.0722 e. The monoisotopic (exact) mass is 237 g/mol. The second kappa shape index (κ2) is 4.10. The Labute approximate surface area is 103 Å². The van der Waals surface area contributed by atoms with Crippen LogP contribution in [-0.2, 0) is 19.0 Å². The van der Waals surface area contributed by atoms with E-state index in [0.717, 1.165) is 25.1 Å². The molecule has 4 nitrogen and oxygen atoms in total. The molecule has 1 fully saturated rings. The van der Waals surface area contributed by atoms with E-state index in [4.69, 9.17) is 0 Å². The fourth-order valence-electron chi connectivity index (χ4n) is 2.12. The lowest BCUT2D eigenvalue weighted by atomic mass is 9.89. The van der Waals surface area contributed by atoms with Crippen LogP contribution in [0, 0.1) is 0 Å². The highest BCUT2D eigenvalue weighted by Crippen LogP contribution is 2.35. The molecule has 1 aromatic rings. The zero-order chi connectivity index (χ0) is 12.7. The van der Waals surface area contributed by atoms with Crippen molar-refractivity contribution < 1.29 is 5.11 Å². The van der Waals surface area contributed by atoms with Crippen LogP contribution in [0.25, 0.3) is 0 Å². The van der Waals surface area contributed by atoms with Crippen molar-refractivity contribution >= 4 is 0 Å². The summed E-state index contributed by atoms with van der Waals surface area (Å²) in [6, 6.07) is 0. The van der Waals surface area contributed by atoms with E-state index in [1.807, 2.05) is 11.7 Å². The lowest BCUT2D eigenvalue weighted by Gasteiger charge is -2.19. The van der Waals surface area contributed by atoms with Gasteiger partial charge in [-0.3, -0.25) is 4.68 Å². The maximum absolute atomic E-state index is 9.29. The van der Waals surface area contributed by atoms with E-state index in [-0.39, 0.29) is 17.6 Å². The second-order valence-corrected chi connectivity index (χ2v) is 6.22. The molecule has 0 unspecified atom stereocenters. The van der Waals surface area contributed by atoms with Crippen molar-refractivity contribution in [2.24, 2.45) is 7.05 Å². The van der Waals surface area contributed by atoms with Crippen molar-refractivity contribution in [1.29, 1.82) is 0 Å². The van der Waals surface area contributed by atoms with Gasteiger partial charge in [-0.1, -0.05) is 20.8 Å². The van der Waals surface area contributed by atoms with Gasteiger partial charge in [-0.05, 0) is 12.8 Å². The Kier molecular flexibility index (Phi) is 3.04. The van der Waals surface area contributed by atoms with Gasteiger partial charge in [-0.15, -0.1) is 0 Å². The number of aliphatic hydroxyl groups excluding tert-OH is 1. The summed E-state index contributed by atoms with van der Waals surface area (Å²) in [5.74, 6) is 0. The van der Waals surface area contributed by atoms with Crippen LogP contribution in [-0.4, -0.2) is 27.0 Å². The molecule has 0 aromatic carbocycles. The van der Waals surface area contributed by atoms with E-state index in [9.17, 15) is 5.11 Å². The predicted molar refractivity (Wildman–Crippen MR) is 67.8 cm³/mol. The average molecular weight is 237 g/mol. The Morgan fingerprint density at radius 1 is 1.47 bits per heavy atom. The summed E-state index contributed by atoms with van der Waals surface area (Å²) in [5.41, 5.74) is 2.43. The first-order valence-electron chi connectivity index (χ1n) is 6.25. The zero-order valence-electron chi connectivity index (χ0n) is 11.2. The summed E-state index contributed by atoms with van der Waals surface area (Å²) < 4.78 is 1.87. The van der Waals surface area contributed by atoms with Crippen LogP contribution in [0.2, 0.25) is 0 Å². The first-order chi connectivity index (χ1) is 7.86. The molecule has 1 aromatic heterocycles. The van der Waals surface area contributed by atoms with Gasteiger partial charge < -0.3 is 10.4 Å². The normalized spacial score (nSPS) is 18.4. The molecule has 2 N–H and O–H groups in total. The van der Waals surface area contributed by atoms with Crippen LogP contribution in [0.5, 0.6) is 0 Å². The average Bonchev–Trinajstić information content (AvgIpc) is 2.92. The van der Waals surface area contributed by atoms with Gasteiger partial charge in [-0.25, -0.2) is 0 Å². The Morgan fingerprint density at radius 2 is 2.12 bits per heavy atom. The molecule has 0 radical (unpaired) electrons. The first kappa shape index (κ1) is 12.6. The van der Waals surface area contributed by atoms with E-state index >= 15 is 0 Å². The minimum absolute atomic E-state index is 0.00893. The Morgan fingerprint density at radius 3 is 2.59 bits per heavy atom. The highest BCUT2D eigenvalue weighted by molar-refractivity contribution is 5.24. The minimum Gasteiger partial charge on any atom is -0.394 e. The zero-order valence-corrected chi connectivity index (χ0v) is 11.2. The molecule has 1 aliphatic carbocycles. The van der Waals surface area contributed by atoms with Gasteiger partial charge >= 0.3 is 0 Å². The van der Waals surface area contributed by atoms with E-state index in [1.54, 1.807) is 0 Å². The van der Waals surface area contributed by atoms with Crippen LogP contribution in [0.1, 0.15) is 44.9 Å². The summed E-state index contributed by atoms with van der Waals surface area (Å²) in [5, 5.41) is 17.3. The van der Waals surface area contributed by atoms with Gasteiger partial charge in [0.05, 0.1) is 12.3 Å². The van der Waals surface area contributed by atoms with Crippen molar-refractivity contribution in [2.45, 2.75) is 51.1 Å². The number of nitrogens with zero attached hydrogens (tertiary/aromatic N) is 2. The molecular formula is C13H23N3O. The smallest absolute Gasteiger partial charge is 0.0722 e. The quantitative estimate of drug-likeness (QED) is 0.830. The summed E-state index contributed by atoms with van der Waals surface area (Å²) >= 11 is 0. The molecule has 0 amide bonds. The van der Waals surface area contributed by atoms with Gasteiger partial charge in [0.2, 0.25) is 0 Å². The number of aromatic nitrogens is 2. The number of nitrogens with one attached hydrogen (secondary N) is 1. The van der Waals surface area contributed by atoms with E-state index in [1.165, 1.54) is 5.56 Å². The summed E-state index contributed by atoms with van der Waals surface area (Å²) in [7, 11) is 1.96. The van der Waals surface area contributed by atoms with Crippen LogP contribution in [0.3, 0.4) is 0 Å². The molecule has 0 spiro atoms. The van der Waals surface area contributed by atoms with Crippen molar-refractivity contribution in [1.82, 2.24) is 15.1 Å². The molecule has 0 atom stereocenters. The standard InChI is InChI=1S/C13H23N3O/c1-12(2,3)11-10(8-16(4)15-11)7-14-13(9-17)5-6-13/h8,14,17H,5-7,9H2,1-4H3. The van der Waals surface area contributed by atoms with Crippen LogP contribution < -0.4 is 5.32 Å². The molecule has 4 heteroatoms. The van der Waals surface area contributed by atoms with Gasteiger partial charge in [0.15, 0.2) is 0 Å². The molecule has 1 aliphatic rings. The van der Waals surface area contributed by atoms with Gasteiger partial charge in [0.1, 0.15) is 0 Å². The van der Waals surface area contributed by atoms with Crippen molar-refractivity contribution in [2.75, 3.05) is 6.61 Å². The van der Waals surface area contributed by atoms with Crippen LogP contribution in [0.4, 0.5) is 0 Å².